The van der Waals surface area contributed by atoms with Crippen LogP contribution in [0.1, 0.15) is 11.1 Å². The summed E-state index contributed by atoms with van der Waals surface area (Å²) in [6.45, 7) is 3.93. The molecule has 0 saturated heterocycles. The van der Waals surface area contributed by atoms with Gasteiger partial charge in [0.15, 0.2) is 0 Å². The van der Waals surface area contributed by atoms with Crippen molar-refractivity contribution in [3.8, 4) is 5.75 Å². The first-order valence-corrected chi connectivity index (χ1v) is 2.96. The summed E-state index contributed by atoms with van der Waals surface area (Å²) in [5, 5.41) is 8.99. The van der Waals surface area contributed by atoms with Crippen LogP contribution in [0.3, 0.4) is 0 Å². The van der Waals surface area contributed by atoms with E-state index in [1.807, 2.05) is 19.9 Å². The van der Waals surface area contributed by atoms with Gasteiger partial charge in [0.25, 0.3) is 0 Å². The first-order chi connectivity index (χ1) is 4.18. The number of aryl methyl sites for hydroxylation is 2. The Labute approximate surface area is 100 Å². The van der Waals surface area contributed by atoms with Gasteiger partial charge in [-0.3, -0.25) is 0 Å². The van der Waals surface area contributed by atoms with Crippen LogP contribution in [0.15, 0.2) is 18.2 Å². The van der Waals surface area contributed by atoms with E-state index in [1.54, 1.807) is 12.1 Å². The van der Waals surface area contributed by atoms with Crippen LogP contribution in [0, 0.1) is 13.8 Å². The Morgan fingerprint density at radius 1 is 0.917 bits per heavy atom. The van der Waals surface area contributed by atoms with Crippen molar-refractivity contribution in [3.05, 3.63) is 29.3 Å². The summed E-state index contributed by atoms with van der Waals surface area (Å²) < 4.78 is 0. The first kappa shape index (κ1) is 18.2. The fraction of sp³-hybridized carbons (Fsp3) is 0.250. The molecule has 1 aromatic rings. The topological polar surface area (TPSA) is 20.2 Å². The summed E-state index contributed by atoms with van der Waals surface area (Å²) in [7, 11) is 0. The molecule has 66 valence electrons. The molecule has 1 rings (SSSR count). The van der Waals surface area contributed by atoms with Gasteiger partial charge in [0, 0.05) is 0 Å². The van der Waals surface area contributed by atoms with Crippen molar-refractivity contribution in [2.75, 3.05) is 0 Å². The molecule has 12 heavy (non-hydrogen) atoms. The van der Waals surface area contributed by atoms with Gasteiger partial charge in [0.05, 0.1) is 0 Å². The number of hydrogen-bond acceptors (Lipinski definition) is 1. The maximum absolute atomic E-state index is 8.99. The Balaban J connectivity index is -0.000000270. The molecular formula is C8H10Cl2OTi. The zero-order chi connectivity index (χ0) is 6.85. The van der Waals surface area contributed by atoms with Gasteiger partial charge in [0.1, 0.15) is 5.75 Å². The quantitative estimate of drug-likeness (QED) is 0.459. The van der Waals surface area contributed by atoms with E-state index in [0.717, 1.165) is 11.1 Å². The van der Waals surface area contributed by atoms with E-state index in [-0.39, 0.29) is 46.5 Å². The molecule has 0 aliphatic carbocycles. The van der Waals surface area contributed by atoms with E-state index in [2.05, 4.69) is 0 Å². The maximum Gasteiger partial charge on any atom is 2.00 e. The first-order valence-electron chi connectivity index (χ1n) is 2.96. The van der Waals surface area contributed by atoms with Gasteiger partial charge in [-0.15, -0.1) is 0 Å². The Bertz CT molecular complexity index is 178. The minimum atomic E-state index is 0. The monoisotopic (exact) mass is 240 g/mol. The van der Waals surface area contributed by atoms with Crippen molar-refractivity contribution >= 4 is 0 Å². The zero-order valence-electron chi connectivity index (χ0n) is 6.94. The average molecular weight is 241 g/mol. The minimum absolute atomic E-state index is 0. The number of rotatable bonds is 0. The Kier molecular flexibility index (Phi) is 12.0. The molecule has 0 bridgehead atoms. The third-order valence-corrected chi connectivity index (χ3v) is 1.21. The van der Waals surface area contributed by atoms with Crippen molar-refractivity contribution in [1.82, 2.24) is 0 Å². The molecule has 0 aromatic heterocycles. The van der Waals surface area contributed by atoms with Crippen molar-refractivity contribution in [3.63, 3.8) is 0 Å². The maximum atomic E-state index is 8.99. The summed E-state index contributed by atoms with van der Waals surface area (Å²) in [5.41, 5.74) is 2.21. The van der Waals surface area contributed by atoms with Crippen LogP contribution in [-0.2, 0) is 21.7 Å². The molecule has 0 aliphatic rings. The molecule has 1 N–H and O–H groups in total. The Morgan fingerprint density at radius 3 is 1.50 bits per heavy atom. The van der Waals surface area contributed by atoms with Gasteiger partial charge in [0.2, 0.25) is 0 Å². The fourth-order valence-corrected chi connectivity index (χ4v) is 0.951. The summed E-state index contributed by atoms with van der Waals surface area (Å²) in [4.78, 5) is 0. The van der Waals surface area contributed by atoms with E-state index < -0.39 is 0 Å². The smallest absolute Gasteiger partial charge is 1.00 e. The zero-order valence-corrected chi connectivity index (χ0v) is 10.0. The van der Waals surface area contributed by atoms with Gasteiger partial charge < -0.3 is 29.9 Å². The number of halogens is 2. The average Bonchev–Trinajstić information content (AvgIpc) is 1.59. The predicted molar refractivity (Wildman–Crippen MR) is 37.6 cm³/mol. The van der Waals surface area contributed by atoms with Crippen LogP contribution in [-0.4, -0.2) is 5.11 Å². The molecule has 0 spiro atoms. The molecule has 0 saturated carbocycles. The van der Waals surface area contributed by atoms with E-state index in [9.17, 15) is 0 Å². The summed E-state index contributed by atoms with van der Waals surface area (Å²) >= 11 is 0. The van der Waals surface area contributed by atoms with E-state index in [0.29, 0.717) is 5.75 Å². The van der Waals surface area contributed by atoms with E-state index in [1.165, 1.54) is 0 Å². The SMILES string of the molecule is Cc1cc(C)cc(O)c1.[Cl-].[Cl-].[Ti+2]. The van der Waals surface area contributed by atoms with Crippen LogP contribution >= 0.6 is 0 Å². The molecule has 0 aliphatic heterocycles. The fourth-order valence-electron chi connectivity index (χ4n) is 0.951. The standard InChI is InChI=1S/C8H10O.2ClH.Ti/c1-6-3-7(2)5-8(9)4-6;;;/h3-5,9H,1-2H3;2*1H;/q;;;+2/p-2. The summed E-state index contributed by atoms with van der Waals surface area (Å²) in [6, 6.07) is 5.51. The Morgan fingerprint density at radius 2 is 1.25 bits per heavy atom. The van der Waals surface area contributed by atoms with Crippen molar-refractivity contribution in [2.45, 2.75) is 13.8 Å². The number of aromatic hydroxyl groups is 1. The number of hydrogen-bond donors (Lipinski definition) is 1. The number of benzene rings is 1. The van der Waals surface area contributed by atoms with Crippen LogP contribution in [0.5, 0.6) is 5.75 Å². The van der Waals surface area contributed by atoms with Crippen molar-refractivity contribution < 1.29 is 51.6 Å². The molecular weight excluding hydrogens is 231 g/mol. The predicted octanol–water partition coefficient (Wildman–Crippen LogP) is -3.99. The molecule has 1 aromatic carbocycles. The molecule has 0 radical (unpaired) electrons. The van der Waals surface area contributed by atoms with Crippen LogP contribution < -0.4 is 24.8 Å². The minimum Gasteiger partial charge on any atom is -1.00 e. The molecule has 0 amide bonds. The largest absolute Gasteiger partial charge is 2.00 e. The number of phenols is 1. The number of phenolic OH excluding ortho intramolecular Hbond substituents is 1. The third kappa shape index (κ3) is 5.90. The molecule has 1 nitrogen and oxygen atoms in total. The van der Waals surface area contributed by atoms with Gasteiger partial charge in [-0.05, 0) is 37.1 Å². The van der Waals surface area contributed by atoms with Crippen LogP contribution in [0.2, 0.25) is 0 Å². The molecule has 0 fully saturated rings. The summed E-state index contributed by atoms with van der Waals surface area (Å²) in [5.74, 6) is 0.354. The van der Waals surface area contributed by atoms with Crippen molar-refractivity contribution in [1.29, 1.82) is 0 Å². The van der Waals surface area contributed by atoms with Gasteiger partial charge in [-0.1, -0.05) is 6.07 Å². The van der Waals surface area contributed by atoms with E-state index in [4.69, 9.17) is 5.11 Å². The third-order valence-electron chi connectivity index (χ3n) is 1.21. The molecule has 0 heterocycles. The van der Waals surface area contributed by atoms with Crippen LogP contribution in [0.25, 0.3) is 0 Å². The second-order valence-electron chi connectivity index (χ2n) is 2.35. The van der Waals surface area contributed by atoms with Gasteiger partial charge in [-0.25, -0.2) is 0 Å². The second kappa shape index (κ2) is 7.94. The molecule has 4 heteroatoms. The Hall–Kier alpha value is 0.314. The molecule has 0 atom stereocenters. The van der Waals surface area contributed by atoms with Gasteiger partial charge in [-0.2, -0.15) is 0 Å². The summed E-state index contributed by atoms with van der Waals surface area (Å²) in [6.07, 6.45) is 0. The van der Waals surface area contributed by atoms with Gasteiger partial charge >= 0.3 is 21.7 Å². The van der Waals surface area contributed by atoms with Crippen LogP contribution in [0.4, 0.5) is 0 Å². The second-order valence-corrected chi connectivity index (χ2v) is 2.35. The van der Waals surface area contributed by atoms with Crippen molar-refractivity contribution in [2.24, 2.45) is 0 Å². The normalized spacial score (nSPS) is 7.17. The molecule has 0 unspecified atom stereocenters. The van der Waals surface area contributed by atoms with E-state index >= 15 is 0 Å².